The maximum atomic E-state index is 10.6. The van der Waals surface area contributed by atoms with E-state index >= 15 is 0 Å². The number of aliphatic hydroxyl groups excluding tert-OH is 5. The van der Waals surface area contributed by atoms with E-state index in [0.29, 0.717) is 0 Å². The highest BCUT2D eigenvalue weighted by Crippen LogP contribution is 2.38. The van der Waals surface area contributed by atoms with E-state index in [-0.39, 0.29) is 0 Å². The Morgan fingerprint density at radius 3 is 1.48 bits per heavy atom. The molecule has 4 atom stereocenters. The Labute approximate surface area is 155 Å². The first-order chi connectivity index (χ1) is 12.0. The molecule has 25 heavy (non-hydrogen) atoms. The van der Waals surface area contributed by atoms with Crippen LogP contribution in [0.5, 0.6) is 0 Å². The SMILES string of the molecule is OC[C@@H](O)[C@@H](O)[C@@H](O)[C@H](O)C(Sc1ccccc1)Sc1ccccc1. The fourth-order valence-corrected chi connectivity index (χ4v) is 4.75. The number of benzene rings is 2. The van der Waals surface area contributed by atoms with Crippen LogP contribution in [0.2, 0.25) is 0 Å². The van der Waals surface area contributed by atoms with Gasteiger partial charge < -0.3 is 25.5 Å². The second kappa shape index (κ2) is 10.2. The van der Waals surface area contributed by atoms with Crippen molar-refractivity contribution in [2.75, 3.05) is 6.61 Å². The van der Waals surface area contributed by atoms with Crippen LogP contribution in [0.15, 0.2) is 70.5 Å². The summed E-state index contributed by atoms with van der Waals surface area (Å²) in [6.45, 7) is -0.701. The van der Waals surface area contributed by atoms with Crippen molar-refractivity contribution in [3.63, 3.8) is 0 Å². The van der Waals surface area contributed by atoms with Gasteiger partial charge in [-0.2, -0.15) is 0 Å². The lowest BCUT2D eigenvalue weighted by Gasteiger charge is -2.30. The largest absolute Gasteiger partial charge is 0.394 e. The van der Waals surface area contributed by atoms with Crippen LogP contribution in [0.3, 0.4) is 0 Å². The summed E-state index contributed by atoms with van der Waals surface area (Å²) in [7, 11) is 0. The van der Waals surface area contributed by atoms with Gasteiger partial charge in [-0.1, -0.05) is 36.4 Å². The number of aliphatic hydroxyl groups is 5. The van der Waals surface area contributed by atoms with Crippen LogP contribution < -0.4 is 0 Å². The Hall–Kier alpha value is -1.06. The van der Waals surface area contributed by atoms with Crippen molar-refractivity contribution in [2.24, 2.45) is 0 Å². The minimum atomic E-state index is -1.64. The molecule has 0 unspecified atom stereocenters. The molecule has 0 saturated carbocycles. The van der Waals surface area contributed by atoms with Crippen LogP contribution in [-0.2, 0) is 0 Å². The lowest BCUT2D eigenvalue weighted by Crippen LogP contribution is -2.48. The van der Waals surface area contributed by atoms with Crippen LogP contribution in [0.4, 0.5) is 0 Å². The zero-order valence-electron chi connectivity index (χ0n) is 13.4. The summed E-state index contributed by atoms with van der Waals surface area (Å²) in [4.78, 5) is 1.80. The van der Waals surface area contributed by atoms with Crippen molar-refractivity contribution in [1.82, 2.24) is 0 Å². The summed E-state index contributed by atoms with van der Waals surface area (Å²) in [5.41, 5.74) is 0. The average molecular weight is 383 g/mol. The van der Waals surface area contributed by atoms with E-state index in [4.69, 9.17) is 5.11 Å². The van der Waals surface area contributed by atoms with E-state index in [9.17, 15) is 20.4 Å². The molecule has 0 radical (unpaired) electrons. The molecular formula is C18H22O5S2. The van der Waals surface area contributed by atoms with Crippen molar-refractivity contribution < 1.29 is 25.5 Å². The first-order valence-corrected chi connectivity index (χ1v) is 9.55. The Morgan fingerprint density at radius 2 is 1.08 bits per heavy atom. The first-order valence-electron chi connectivity index (χ1n) is 7.79. The van der Waals surface area contributed by atoms with Gasteiger partial charge in [0.1, 0.15) is 24.4 Å². The first kappa shape index (κ1) is 20.3. The van der Waals surface area contributed by atoms with Gasteiger partial charge in [-0.3, -0.25) is 0 Å². The zero-order valence-corrected chi connectivity index (χ0v) is 15.1. The fraction of sp³-hybridized carbons (Fsp3) is 0.333. The molecule has 136 valence electrons. The molecule has 0 fully saturated rings. The summed E-state index contributed by atoms with van der Waals surface area (Å²) in [5, 5.41) is 49.1. The highest BCUT2D eigenvalue weighted by Gasteiger charge is 2.35. The highest BCUT2D eigenvalue weighted by molar-refractivity contribution is 8.17. The molecule has 0 aromatic heterocycles. The molecule has 2 aromatic rings. The molecule has 0 aliphatic carbocycles. The molecule has 5 nitrogen and oxygen atoms in total. The van der Waals surface area contributed by atoms with Crippen LogP contribution >= 0.6 is 23.5 Å². The number of rotatable bonds is 9. The van der Waals surface area contributed by atoms with Crippen molar-refractivity contribution in [3.8, 4) is 0 Å². The molecule has 2 aromatic carbocycles. The summed E-state index contributed by atoms with van der Waals surface area (Å²) in [6, 6.07) is 18.8. The van der Waals surface area contributed by atoms with Crippen molar-refractivity contribution in [2.45, 2.75) is 38.8 Å². The van der Waals surface area contributed by atoms with E-state index < -0.39 is 35.6 Å². The van der Waals surface area contributed by atoms with Crippen LogP contribution in [-0.4, -0.2) is 61.1 Å². The second-order valence-corrected chi connectivity index (χ2v) is 8.18. The maximum absolute atomic E-state index is 10.6. The van der Waals surface area contributed by atoms with E-state index in [1.807, 2.05) is 60.7 Å². The highest BCUT2D eigenvalue weighted by atomic mass is 32.2. The molecule has 2 rings (SSSR count). The minimum absolute atomic E-state index is 0.527. The molecule has 0 bridgehead atoms. The average Bonchev–Trinajstić information content (AvgIpc) is 2.66. The summed E-state index contributed by atoms with van der Waals surface area (Å²) < 4.78 is -0.527. The van der Waals surface area contributed by atoms with Gasteiger partial charge in [0.25, 0.3) is 0 Å². The number of hydrogen-bond acceptors (Lipinski definition) is 7. The third-order valence-electron chi connectivity index (χ3n) is 3.55. The van der Waals surface area contributed by atoms with Gasteiger partial charge in [0.15, 0.2) is 0 Å². The second-order valence-electron chi connectivity index (χ2n) is 5.45. The molecular weight excluding hydrogens is 360 g/mol. The maximum Gasteiger partial charge on any atom is 0.111 e. The van der Waals surface area contributed by atoms with Gasteiger partial charge in [0, 0.05) is 9.79 Å². The quantitative estimate of drug-likeness (QED) is 0.329. The van der Waals surface area contributed by atoms with Crippen LogP contribution in [0.1, 0.15) is 0 Å². The van der Waals surface area contributed by atoms with Gasteiger partial charge >= 0.3 is 0 Å². The fourth-order valence-electron chi connectivity index (χ4n) is 2.13. The van der Waals surface area contributed by atoms with Gasteiger partial charge in [0.05, 0.1) is 11.2 Å². The monoisotopic (exact) mass is 382 g/mol. The number of hydrogen-bond donors (Lipinski definition) is 5. The molecule has 0 aliphatic rings. The Kier molecular flexibility index (Phi) is 8.25. The van der Waals surface area contributed by atoms with Gasteiger partial charge in [0.2, 0.25) is 0 Å². The Morgan fingerprint density at radius 1 is 0.640 bits per heavy atom. The normalized spacial score (nSPS) is 16.4. The molecule has 0 aliphatic heterocycles. The van der Waals surface area contributed by atoms with Crippen molar-refractivity contribution in [1.29, 1.82) is 0 Å². The van der Waals surface area contributed by atoms with E-state index in [1.54, 1.807) is 0 Å². The van der Waals surface area contributed by atoms with E-state index in [1.165, 1.54) is 23.5 Å². The van der Waals surface area contributed by atoms with Crippen LogP contribution in [0, 0.1) is 0 Å². The molecule has 0 amide bonds. The van der Waals surface area contributed by atoms with E-state index in [2.05, 4.69) is 0 Å². The van der Waals surface area contributed by atoms with Crippen LogP contribution in [0.25, 0.3) is 0 Å². The Bertz CT molecular complexity index is 572. The molecule has 0 heterocycles. The zero-order chi connectivity index (χ0) is 18.2. The third-order valence-corrected chi connectivity index (χ3v) is 6.24. The van der Waals surface area contributed by atoms with E-state index in [0.717, 1.165) is 9.79 Å². The van der Waals surface area contributed by atoms with Gasteiger partial charge in [-0.25, -0.2) is 0 Å². The minimum Gasteiger partial charge on any atom is -0.394 e. The summed E-state index contributed by atoms with van der Waals surface area (Å²) in [5.74, 6) is 0. The summed E-state index contributed by atoms with van der Waals surface area (Å²) in [6.07, 6.45) is -6.09. The molecule has 7 heteroatoms. The lowest BCUT2D eigenvalue weighted by molar-refractivity contribution is -0.111. The summed E-state index contributed by atoms with van der Waals surface area (Å²) >= 11 is 2.71. The smallest absolute Gasteiger partial charge is 0.111 e. The third kappa shape index (κ3) is 6.00. The Balaban J connectivity index is 2.17. The standard InChI is InChI=1S/C18H22O5S2/c19-11-14(20)15(21)16(22)17(23)18(24-12-7-3-1-4-8-12)25-13-9-5-2-6-10-13/h1-10,14-23H,11H2/t14-,15-,16-,17+/m1/s1. The van der Waals surface area contributed by atoms with Gasteiger partial charge in [-0.05, 0) is 24.3 Å². The van der Waals surface area contributed by atoms with Crippen molar-refractivity contribution >= 4 is 23.5 Å². The molecule has 0 spiro atoms. The van der Waals surface area contributed by atoms with Gasteiger partial charge in [-0.15, -0.1) is 23.5 Å². The molecule has 5 N–H and O–H groups in total. The molecule has 0 saturated heterocycles. The van der Waals surface area contributed by atoms with Crippen molar-refractivity contribution in [3.05, 3.63) is 60.7 Å². The lowest BCUT2D eigenvalue weighted by atomic mass is 10.0. The predicted octanol–water partition coefficient (Wildman–Crippen LogP) is 1.33. The number of thioether (sulfide) groups is 2. The topological polar surface area (TPSA) is 101 Å². The predicted molar refractivity (Wildman–Crippen MR) is 99.5 cm³/mol.